The van der Waals surface area contributed by atoms with Crippen LogP contribution in [0.5, 0.6) is 0 Å². The first-order valence-corrected chi connectivity index (χ1v) is 16.1. The first-order chi connectivity index (χ1) is 24.8. The SMILES string of the molecule is CC(=O)N[C@@H]1[C@@H](O)[C@H](O[C@H]2O[C@@H](C(=O)O)[C@@H](O)[C@H](O[C@H]3O[C@H](CO)[C@@H](O[C@H]4O[C@@H](C(=O)O)[C@@H](O)[C@H](O)[C@H]4O)[C@H](O)[C@H]3NC(C)=O)[C@H]2O)[C@@H](CO)O[C@@H]1O. The summed E-state index contributed by atoms with van der Waals surface area (Å²) in [4.78, 5) is 47.5. The van der Waals surface area contributed by atoms with Crippen molar-refractivity contribution >= 4 is 23.8 Å². The topological polar surface area (TPSA) is 400 Å². The molecule has 0 unspecified atom stereocenters. The maximum absolute atomic E-state index is 12.2. The summed E-state index contributed by atoms with van der Waals surface area (Å²) in [6.45, 7) is 0.0604. The molecule has 4 fully saturated rings. The minimum atomic E-state index is -2.27. The summed E-state index contributed by atoms with van der Waals surface area (Å²) >= 11 is 0. The number of carbonyl (C=O) groups is 4. The lowest BCUT2D eigenvalue weighted by molar-refractivity contribution is -0.372. The van der Waals surface area contributed by atoms with E-state index in [0.29, 0.717) is 0 Å². The molecule has 20 atom stereocenters. The Morgan fingerprint density at radius 1 is 0.509 bits per heavy atom. The van der Waals surface area contributed by atoms with E-state index in [1.54, 1.807) is 0 Å². The van der Waals surface area contributed by atoms with Gasteiger partial charge in [0.25, 0.3) is 0 Å². The molecule has 0 spiro atoms. The predicted molar refractivity (Wildman–Crippen MR) is 158 cm³/mol. The number of aliphatic hydroxyl groups excluding tert-OH is 10. The normalized spacial score (nSPS) is 46.3. The van der Waals surface area contributed by atoms with Crippen LogP contribution in [0, 0.1) is 0 Å². The number of hydrogen-bond acceptors (Lipinski definition) is 21. The summed E-state index contributed by atoms with van der Waals surface area (Å²) in [7, 11) is 0. The van der Waals surface area contributed by atoms with Crippen molar-refractivity contribution in [1.82, 2.24) is 10.6 Å². The summed E-state index contributed by atoms with van der Waals surface area (Å²) in [6.07, 6.45) is -36.3. The van der Waals surface area contributed by atoms with Crippen LogP contribution >= 0.6 is 0 Å². The van der Waals surface area contributed by atoms with Gasteiger partial charge in [-0.3, -0.25) is 9.59 Å². The van der Waals surface area contributed by atoms with Gasteiger partial charge in [0.1, 0.15) is 85.3 Å². The molecule has 14 N–H and O–H groups in total. The highest BCUT2D eigenvalue weighted by atomic mass is 16.8. The summed E-state index contributed by atoms with van der Waals surface area (Å²) < 4.78 is 38.0. The number of carbonyl (C=O) groups excluding carboxylic acids is 2. The molecule has 0 saturated carbocycles. The van der Waals surface area contributed by atoms with Gasteiger partial charge in [-0.15, -0.1) is 0 Å². The Kier molecular flexibility index (Phi) is 14.4. The summed E-state index contributed by atoms with van der Waals surface area (Å²) in [5.74, 6) is -5.19. The third-order valence-corrected chi connectivity index (χ3v) is 8.94. The first-order valence-electron chi connectivity index (χ1n) is 16.1. The average molecular weight is 777 g/mol. The van der Waals surface area contributed by atoms with Gasteiger partial charge in [-0.05, 0) is 0 Å². The van der Waals surface area contributed by atoms with E-state index < -0.39 is 160 Å². The van der Waals surface area contributed by atoms with Crippen LogP contribution in [-0.2, 0) is 52.3 Å². The third-order valence-electron chi connectivity index (χ3n) is 8.94. The average Bonchev–Trinajstić information content (AvgIpc) is 3.08. The van der Waals surface area contributed by atoms with E-state index in [1.807, 2.05) is 0 Å². The number of ether oxygens (including phenoxy) is 7. The van der Waals surface area contributed by atoms with Crippen LogP contribution in [0.15, 0.2) is 0 Å². The maximum atomic E-state index is 12.2. The van der Waals surface area contributed by atoms with Gasteiger partial charge in [-0.1, -0.05) is 0 Å². The van der Waals surface area contributed by atoms with Crippen LogP contribution in [0.25, 0.3) is 0 Å². The first kappa shape index (κ1) is 42.9. The smallest absolute Gasteiger partial charge is 0.335 e. The van der Waals surface area contributed by atoms with E-state index >= 15 is 0 Å². The zero-order chi connectivity index (χ0) is 39.6. The van der Waals surface area contributed by atoms with Crippen LogP contribution in [0.4, 0.5) is 0 Å². The molecular formula is C28H44N2O23. The standard InChI is InChI=1S/C28H44N2O23/c1-5(33)29-9-11(35)18(7(3-31)47-25(9)46)50-28-17(41)20(16(40)22(53-28)24(44)45)51-26-10(30-6(2)34)12(36)19(8(4-32)48-26)49-27-15(39)13(37)14(38)21(52-27)23(42)43/h7-22,25-28,31-32,35-41,46H,3-4H2,1-2H3,(H,29,33)(H,30,34)(H,42,43)(H,44,45)/t7-,8-,9-,10-,11-,12-,13+,14+,15-,16+,17-,18-,19-,20+,21-,22-,25+,26-,27+,28+/m1/s1. The molecule has 4 saturated heterocycles. The number of aliphatic hydroxyl groups is 10. The van der Waals surface area contributed by atoms with Crippen LogP contribution in [0.3, 0.4) is 0 Å². The molecule has 25 nitrogen and oxygen atoms in total. The van der Waals surface area contributed by atoms with Crippen LogP contribution in [0.1, 0.15) is 13.8 Å². The Labute approximate surface area is 298 Å². The molecule has 2 amide bonds. The summed E-state index contributed by atoms with van der Waals surface area (Å²) in [6, 6.07) is -3.34. The molecule has 25 heteroatoms. The highest BCUT2D eigenvalue weighted by Gasteiger charge is 2.57. The molecule has 0 aromatic heterocycles. The van der Waals surface area contributed by atoms with Gasteiger partial charge >= 0.3 is 11.9 Å². The highest BCUT2D eigenvalue weighted by Crippen LogP contribution is 2.34. The second-order valence-corrected chi connectivity index (χ2v) is 12.7. The molecule has 0 aliphatic carbocycles. The molecule has 304 valence electrons. The summed E-state index contributed by atoms with van der Waals surface area (Å²) in [5.41, 5.74) is 0. The number of nitrogens with one attached hydrogen (secondary N) is 2. The van der Waals surface area contributed by atoms with E-state index in [4.69, 9.17) is 33.2 Å². The van der Waals surface area contributed by atoms with Gasteiger partial charge in [-0.2, -0.15) is 0 Å². The number of rotatable bonds is 12. The Morgan fingerprint density at radius 2 is 0.943 bits per heavy atom. The quantitative estimate of drug-likeness (QED) is 0.0875. The van der Waals surface area contributed by atoms with Gasteiger partial charge in [0.05, 0.1) is 13.2 Å². The lowest BCUT2D eigenvalue weighted by atomic mass is 9.94. The van der Waals surface area contributed by atoms with E-state index in [0.717, 1.165) is 13.8 Å². The van der Waals surface area contributed by atoms with Gasteiger partial charge in [0, 0.05) is 13.8 Å². The van der Waals surface area contributed by atoms with Crippen LogP contribution in [0.2, 0.25) is 0 Å². The van der Waals surface area contributed by atoms with Gasteiger partial charge in [0.15, 0.2) is 37.4 Å². The predicted octanol–water partition coefficient (Wildman–Crippen LogP) is -9.28. The molecule has 4 heterocycles. The largest absolute Gasteiger partial charge is 0.479 e. The third kappa shape index (κ3) is 9.19. The van der Waals surface area contributed by atoms with Crippen molar-refractivity contribution in [3.05, 3.63) is 0 Å². The monoisotopic (exact) mass is 776 g/mol. The Bertz CT molecular complexity index is 1300. The molecule has 4 rings (SSSR count). The fraction of sp³-hybridized carbons (Fsp3) is 0.857. The Morgan fingerprint density at radius 3 is 1.43 bits per heavy atom. The molecule has 0 aromatic carbocycles. The zero-order valence-electron chi connectivity index (χ0n) is 27.8. The number of aliphatic carboxylic acids is 2. The van der Waals surface area contributed by atoms with Crippen molar-refractivity contribution in [3.8, 4) is 0 Å². The highest BCUT2D eigenvalue weighted by molar-refractivity contribution is 5.74. The molecule has 0 radical (unpaired) electrons. The lowest BCUT2D eigenvalue weighted by Crippen LogP contribution is -2.70. The van der Waals surface area contributed by atoms with E-state index in [-0.39, 0.29) is 0 Å². The van der Waals surface area contributed by atoms with Crippen LogP contribution in [-0.4, -0.2) is 221 Å². The number of carboxylic acids is 2. The van der Waals surface area contributed by atoms with E-state index in [1.165, 1.54) is 0 Å². The van der Waals surface area contributed by atoms with Gasteiger partial charge in [0.2, 0.25) is 11.8 Å². The number of hydrogen-bond donors (Lipinski definition) is 14. The molecule has 53 heavy (non-hydrogen) atoms. The van der Waals surface area contributed by atoms with Gasteiger partial charge < -0.3 is 105 Å². The Hall–Kier alpha value is -2.80. The van der Waals surface area contributed by atoms with Gasteiger partial charge in [-0.25, -0.2) is 9.59 Å². The molecule has 4 aliphatic rings. The second kappa shape index (κ2) is 17.8. The zero-order valence-corrected chi connectivity index (χ0v) is 27.8. The Balaban J connectivity index is 1.60. The van der Waals surface area contributed by atoms with Crippen LogP contribution < -0.4 is 10.6 Å². The molecular weight excluding hydrogens is 732 g/mol. The minimum absolute atomic E-state index is 0.727. The van der Waals surface area contributed by atoms with E-state index in [2.05, 4.69) is 10.6 Å². The fourth-order valence-corrected chi connectivity index (χ4v) is 6.32. The van der Waals surface area contributed by atoms with Crippen molar-refractivity contribution in [1.29, 1.82) is 0 Å². The maximum Gasteiger partial charge on any atom is 0.335 e. The fourth-order valence-electron chi connectivity index (χ4n) is 6.32. The van der Waals surface area contributed by atoms with Crippen molar-refractivity contribution in [3.63, 3.8) is 0 Å². The second-order valence-electron chi connectivity index (χ2n) is 12.7. The molecule has 4 aliphatic heterocycles. The molecule has 0 bridgehead atoms. The van der Waals surface area contributed by atoms with E-state index in [9.17, 15) is 80.5 Å². The van der Waals surface area contributed by atoms with Crippen molar-refractivity contribution in [2.75, 3.05) is 13.2 Å². The van der Waals surface area contributed by atoms with Crippen molar-refractivity contribution < 1.29 is 114 Å². The number of amides is 2. The minimum Gasteiger partial charge on any atom is -0.479 e. The molecule has 0 aromatic rings. The summed E-state index contributed by atoms with van der Waals surface area (Å²) in [5, 5.41) is 129. The lowest BCUT2D eigenvalue weighted by Gasteiger charge is -2.49. The van der Waals surface area contributed by atoms with Crippen molar-refractivity contribution in [2.45, 2.75) is 137 Å². The van der Waals surface area contributed by atoms with Crippen molar-refractivity contribution in [2.24, 2.45) is 0 Å². The number of carboxylic acid groups (broad SMARTS) is 2.